The standard InChI is InChI=1S/C16H23ClN2O/c1-12-10-18-16(7-3-4-8-16)11-19(12)13-5-6-14(17)15(9-13)20-2/h5-6,9,12,18H,3-4,7-8,10-11H2,1-2H3. The number of nitrogens with one attached hydrogen (secondary N) is 1. The molecule has 1 heterocycles. The first-order chi connectivity index (χ1) is 9.63. The van der Waals surface area contributed by atoms with Gasteiger partial charge in [-0.3, -0.25) is 0 Å². The summed E-state index contributed by atoms with van der Waals surface area (Å²) >= 11 is 6.14. The van der Waals surface area contributed by atoms with Crippen molar-refractivity contribution in [2.75, 3.05) is 25.1 Å². The van der Waals surface area contributed by atoms with Crippen LogP contribution < -0.4 is 15.0 Å². The fraction of sp³-hybridized carbons (Fsp3) is 0.625. The molecule has 1 unspecified atom stereocenters. The summed E-state index contributed by atoms with van der Waals surface area (Å²) in [5.41, 5.74) is 1.53. The lowest BCUT2D eigenvalue weighted by Crippen LogP contribution is -2.62. The first kappa shape index (κ1) is 14.0. The van der Waals surface area contributed by atoms with Crippen LogP contribution in [0.2, 0.25) is 5.02 Å². The van der Waals surface area contributed by atoms with E-state index in [1.54, 1.807) is 7.11 Å². The molecule has 1 aromatic rings. The highest BCUT2D eigenvalue weighted by Gasteiger charge is 2.40. The van der Waals surface area contributed by atoms with Gasteiger partial charge in [0.25, 0.3) is 0 Å². The van der Waals surface area contributed by atoms with Gasteiger partial charge >= 0.3 is 0 Å². The van der Waals surface area contributed by atoms with Crippen LogP contribution in [0.5, 0.6) is 5.75 Å². The van der Waals surface area contributed by atoms with Crippen LogP contribution in [-0.4, -0.2) is 31.8 Å². The van der Waals surface area contributed by atoms with E-state index in [1.807, 2.05) is 6.07 Å². The predicted octanol–water partition coefficient (Wildman–Crippen LogP) is 3.46. The van der Waals surface area contributed by atoms with Gasteiger partial charge in [0.05, 0.1) is 12.1 Å². The number of methoxy groups -OCH3 is 1. The van der Waals surface area contributed by atoms with Crippen LogP contribution in [-0.2, 0) is 0 Å². The molecule has 2 aliphatic rings. The van der Waals surface area contributed by atoms with Gasteiger partial charge in [0, 0.05) is 36.4 Å². The summed E-state index contributed by atoms with van der Waals surface area (Å²) in [5, 5.41) is 4.46. The van der Waals surface area contributed by atoms with E-state index in [-0.39, 0.29) is 0 Å². The zero-order valence-corrected chi connectivity index (χ0v) is 13.0. The number of benzene rings is 1. The fourth-order valence-electron chi connectivity index (χ4n) is 3.57. The van der Waals surface area contributed by atoms with E-state index in [2.05, 4.69) is 29.3 Å². The van der Waals surface area contributed by atoms with Gasteiger partial charge in [0.1, 0.15) is 5.75 Å². The molecule has 1 N–H and O–H groups in total. The molecule has 0 amide bonds. The van der Waals surface area contributed by atoms with Gasteiger partial charge in [-0.2, -0.15) is 0 Å². The molecule has 1 atom stereocenters. The van der Waals surface area contributed by atoms with Gasteiger partial charge in [0.2, 0.25) is 0 Å². The molecule has 1 aliphatic heterocycles. The second-order valence-electron chi connectivity index (χ2n) is 6.16. The van der Waals surface area contributed by atoms with Gasteiger partial charge in [-0.1, -0.05) is 24.4 Å². The van der Waals surface area contributed by atoms with Crippen molar-refractivity contribution in [3.63, 3.8) is 0 Å². The summed E-state index contributed by atoms with van der Waals surface area (Å²) in [7, 11) is 1.67. The largest absolute Gasteiger partial charge is 0.495 e. The van der Waals surface area contributed by atoms with Crippen molar-refractivity contribution in [3.05, 3.63) is 23.2 Å². The highest BCUT2D eigenvalue weighted by Crippen LogP contribution is 2.37. The van der Waals surface area contributed by atoms with Gasteiger partial charge < -0.3 is 15.0 Å². The van der Waals surface area contributed by atoms with Crippen LogP contribution >= 0.6 is 11.6 Å². The molecule has 0 bridgehead atoms. The van der Waals surface area contributed by atoms with Crippen molar-refractivity contribution in [3.8, 4) is 5.75 Å². The molecule has 3 nitrogen and oxygen atoms in total. The number of rotatable bonds is 2. The molecule has 1 saturated carbocycles. The number of nitrogens with zero attached hydrogens (tertiary/aromatic N) is 1. The summed E-state index contributed by atoms with van der Waals surface area (Å²) in [4.78, 5) is 2.50. The van der Waals surface area contributed by atoms with E-state index in [4.69, 9.17) is 16.3 Å². The molecule has 4 heteroatoms. The van der Waals surface area contributed by atoms with Gasteiger partial charge in [-0.25, -0.2) is 0 Å². The average Bonchev–Trinajstić information content (AvgIpc) is 2.91. The molecule has 1 aromatic carbocycles. The maximum atomic E-state index is 6.14. The maximum absolute atomic E-state index is 6.14. The van der Waals surface area contributed by atoms with Crippen molar-refractivity contribution < 1.29 is 4.74 Å². The number of halogens is 1. The van der Waals surface area contributed by atoms with Gasteiger partial charge in [-0.05, 0) is 31.9 Å². The van der Waals surface area contributed by atoms with E-state index < -0.39 is 0 Å². The Morgan fingerprint density at radius 1 is 1.35 bits per heavy atom. The Labute approximate surface area is 126 Å². The maximum Gasteiger partial charge on any atom is 0.139 e. The topological polar surface area (TPSA) is 24.5 Å². The van der Waals surface area contributed by atoms with E-state index in [0.29, 0.717) is 16.6 Å². The second-order valence-corrected chi connectivity index (χ2v) is 6.57. The lowest BCUT2D eigenvalue weighted by molar-refractivity contribution is 0.276. The number of ether oxygens (including phenoxy) is 1. The Balaban J connectivity index is 1.87. The van der Waals surface area contributed by atoms with Gasteiger partial charge in [-0.15, -0.1) is 0 Å². The first-order valence-electron chi connectivity index (χ1n) is 7.49. The number of anilines is 1. The fourth-order valence-corrected chi connectivity index (χ4v) is 3.77. The highest BCUT2D eigenvalue weighted by atomic mass is 35.5. The number of hydrogen-bond acceptors (Lipinski definition) is 3. The smallest absolute Gasteiger partial charge is 0.139 e. The van der Waals surface area contributed by atoms with Crippen LogP contribution in [0, 0.1) is 0 Å². The summed E-state index contributed by atoms with van der Waals surface area (Å²) in [6, 6.07) is 6.60. The van der Waals surface area contributed by atoms with Crippen molar-refractivity contribution in [2.24, 2.45) is 0 Å². The third kappa shape index (κ3) is 2.49. The van der Waals surface area contributed by atoms with Crippen LogP contribution in [0.25, 0.3) is 0 Å². The first-order valence-corrected chi connectivity index (χ1v) is 7.87. The normalized spacial score (nSPS) is 25.1. The van der Waals surface area contributed by atoms with E-state index in [0.717, 1.165) is 18.8 Å². The minimum atomic E-state index is 0.319. The van der Waals surface area contributed by atoms with E-state index >= 15 is 0 Å². The van der Waals surface area contributed by atoms with Crippen LogP contribution in [0.15, 0.2) is 18.2 Å². The molecule has 2 fully saturated rings. The van der Waals surface area contributed by atoms with Crippen LogP contribution in [0.3, 0.4) is 0 Å². The second kappa shape index (κ2) is 5.45. The predicted molar refractivity (Wildman–Crippen MR) is 84.0 cm³/mol. The van der Waals surface area contributed by atoms with Crippen molar-refractivity contribution >= 4 is 17.3 Å². The highest BCUT2D eigenvalue weighted by molar-refractivity contribution is 6.32. The lowest BCUT2D eigenvalue weighted by Gasteiger charge is -2.46. The molecule has 1 saturated heterocycles. The molecular weight excluding hydrogens is 272 g/mol. The quantitative estimate of drug-likeness (QED) is 0.904. The average molecular weight is 295 g/mol. The van der Waals surface area contributed by atoms with E-state index in [9.17, 15) is 0 Å². The molecule has 0 radical (unpaired) electrons. The molecule has 1 aliphatic carbocycles. The molecule has 1 spiro atoms. The van der Waals surface area contributed by atoms with Crippen molar-refractivity contribution in [2.45, 2.75) is 44.2 Å². The summed E-state index contributed by atoms with van der Waals surface area (Å²) in [6.45, 7) is 4.40. The molecule has 110 valence electrons. The molecule has 0 aromatic heterocycles. The van der Waals surface area contributed by atoms with Gasteiger partial charge in [0.15, 0.2) is 0 Å². The molecule has 20 heavy (non-hydrogen) atoms. The monoisotopic (exact) mass is 294 g/mol. The lowest BCUT2D eigenvalue weighted by atomic mass is 9.92. The third-order valence-corrected chi connectivity index (χ3v) is 5.12. The Hall–Kier alpha value is -0.930. The third-order valence-electron chi connectivity index (χ3n) is 4.80. The Kier molecular flexibility index (Phi) is 3.83. The number of hydrogen-bond donors (Lipinski definition) is 1. The van der Waals surface area contributed by atoms with Crippen LogP contribution in [0.4, 0.5) is 5.69 Å². The molecule has 3 rings (SSSR count). The van der Waals surface area contributed by atoms with Crippen LogP contribution in [0.1, 0.15) is 32.6 Å². The van der Waals surface area contributed by atoms with Crippen molar-refractivity contribution in [1.82, 2.24) is 5.32 Å². The van der Waals surface area contributed by atoms with Crippen molar-refractivity contribution in [1.29, 1.82) is 0 Å². The molecular formula is C16H23ClN2O. The summed E-state index contributed by atoms with van der Waals surface area (Å²) in [6.07, 6.45) is 5.28. The Bertz CT molecular complexity index is 485. The zero-order valence-electron chi connectivity index (χ0n) is 12.3. The summed E-state index contributed by atoms with van der Waals surface area (Å²) in [5.74, 6) is 0.760. The summed E-state index contributed by atoms with van der Waals surface area (Å²) < 4.78 is 5.35. The zero-order chi connectivity index (χ0) is 14.2. The minimum Gasteiger partial charge on any atom is -0.495 e. The van der Waals surface area contributed by atoms with E-state index in [1.165, 1.54) is 31.4 Å². The Morgan fingerprint density at radius 2 is 2.10 bits per heavy atom. The number of piperazine rings is 1. The SMILES string of the molecule is COc1cc(N2CC3(CCCC3)NCC2C)ccc1Cl. The Morgan fingerprint density at radius 3 is 2.80 bits per heavy atom. The minimum absolute atomic E-state index is 0.319.